The second kappa shape index (κ2) is 14.2. The van der Waals surface area contributed by atoms with Gasteiger partial charge in [0.25, 0.3) is 0 Å². The maximum atomic E-state index is 11.9. The zero-order chi connectivity index (χ0) is 25.8. The molecular weight excluding hydrogens is 452 g/mol. The van der Waals surface area contributed by atoms with Crippen LogP contribution >= 0.6 is 0 Å². The van der Waals surface area contributed by atoms with Crippen LogP contribution in [0.5, 0.6) is 11.5 Å². The minimum absolute atomic E-state index is 0.329. The number of unbranched alkanes of at least 4 members (excludes halogenated alkanes) is 2. The summed E-state index contributed by atoms with van der Waals surface area (Å²) in [7, 11) is 3.58. The summed E-state index contributed by atoms with van der Waals surface area (Å²) >= 11 is 0. The van der Waals surface area contributed by atoms with Crippen LogP contribution in [-0.4, -0.2) is 73.7 Å². The molecule has 194 valence electrons. The second-order valence-electron chi connectivity index (χ2n) is 8.28. The largest absolute Gasteiger partial charge is 0.493 e. The first-order chi connectivity index (χ1) is 16.9. The molecule has 10 nitrogen and oxygen atoms in total. The first kappa shape index (κ1) is 28.0. The van der Waals surface area contributed by atoms with E-state index >= 15 is 0 Å². The van der Waals surface area contributed by atoms with E-state index in [2.05, 4.69) is 29.5 Å². The molecule has 2 amide bonds. The number of fused-ring (bicyclic) bond motifs is 1. The van der Waals surface area contributed by atoms with Crippen LogP contribution in [0.2, 0.25) is 0 Å². The van der Waals surface area contributed by atoms with Gasteiger partial charge in [-0.05, 0) is 30.9 Å². The van der Waals surface area contributed by atoms with Crippen LogP contribution in [0.15, 0.2) is 18.3 Å². The molecule has 10 heteroatoms. The summed E-state index contributed by atoms with van der Waals surface area (Å²) in [6.45, 7) is 5.13. The van der Waals surface area contributed by atoms with Crippen LogP contribution in [0.25, 0.3) is 10.9 Å². The average Bonchev–Trinajstić information content (AvgIpc) is 2.86. The highest BCUT2D eigenvalue weighted by Gasteiger charge is 2.20. The lowest BCUT2D eigenvalue weighted by molar-refractivity contribution is -0.140. The number of aromatic nitrogens is 1. The number of nitrogens with one attached hydrogen (secondary N) is 2. The van der Waals surface area contributed by atoms with Crippen molar-refractivity contribution in [3.63, 3.8) is 0 Å². The number of nitrogens with zero attached hydrogens (tertiary/aromatic N) is 2. The number of anilines is 1. The van der Waals surface area contributed by atoms with E-state index in [-0.39, 0.29) is 0 Å². The maximum Gasteiger partial charge on any atom is 0.328 e. The zero-order valence-electron chi connectivity index (χ0n) is 21.1. The molecule has 0 spiro atoms. The number of urea groups is 1. The van der Waals surface area contributed by atoms with Gasteiger partial charge in [0, 0.05) is 32.4 Å². The molecule has 0 aliphatic rings. The monoisotopic (exact) mass is 490 g/mol. The van der Waals surface area contributed by atoms with E-state index in [0.29, 0.717) is 31.9 Å². The van der Waals surface area contributed by atoms with Gasteiger partial charge < -0.3 is 35.2 Å². The number of aryl methyl sites for hydroxylation is 1. The third-order valence-electron chi connectivity index (χ3n) is 5.75. The minimum Gasteiger partial charge on any atom is -0.493 e. The number of carboxylic acid groups (broad SMARTS) is 1. The molecule has 0 saturated carbocycles. The van der Waals surface area contributed by atoms with Gasteiger partial charge in [-0.1, -0.05) is 26.7 Å². The smallest absolute Gasteiger partial charge is 0.328 e. The van der Waals surface area contributed by atoms with E-state index in [9.17, 15) is 9.59 Å². The first-order valence-electron chi connectivity index (χ1n) is 12.1. The van der Waals surface area contributed by atoms with Crippen LogP contribution in [0, 0.1) is 0 Å². The van der Waals surface area contributed by atoms with E-state index in [1.54, 1.807) is 13.3 Å². The topological polar surface area (TPSA) is 133 Å². The molecule has 0 unspecified atom stereocenters. The van der Waals surface area contributed by atoms with Crippen molar-refractivity contribution in [3.8, 4) is 11.5 Å². The van der Waals surface area contributed by atoms with Crippen molar-refractivity contribution in [1.82, 2.24) is 15.6 Å². The fourth-order valence-electron chi connectivity index (χ4n) is 3.77. The van der Waals surface area contributed by atoms with Gasteiger partial charge in [-0.15, -0.1) is 0 Å². The molecule has 1 aromatic carbocycles. The predicted octanol–water partition coefficient (Wildman–Crippen LogP) is 2.95. The number of amides is 2. The Bertz CT molecular complexity index is 984. The molecule has 2 rings (SSSR count). The number of pyridine rings is 1. The molecule has 1 atom stereocenters. The van der Waals surface area contributed by atoms with Gasteiger partial charge in [0.2, 0.25) is 0 Å². The van der Waals surface area contributed by atoms with E-state index in [1.807, 2.05) is 24.1 Å². The number of benzene rings is 1. The zero-order valence-corrected chi connectivity index (χ0v) is 21.1. The normalized spacial score (nSPS) is 11.7. The second-order valence-corrected chi connectivity index (χ2v) is 8.28. The number of carbonyl (C=O) groups excluding carboxylic acids is 1. The van der Waals surface area contributed by atoms with Gasteiger partial charge in [-0.3, -0.25) is 4.98 Å². The van der Waals surface area contributed by atoms with Crippen LogP contribution in [0.4, 0.5) is 10.5 Å². The van der Waals surface area contributed by atoms with Crippen molar-refractivity contribution < 1.29 is 29.3 Å². The van der Waals surface area contributed by atoms with Gasteiger partial charge in [-0.2, -0.15) is 0 Å². The summed E-state index contributed by atoms with van der Waals surface area (Å²) in [5.74, 6) is 0.0793. The Morgan fingerprint density at radius 1 is 1.23 bits per heavy atom. The lowest BCUT2D eigenvalue weighted by Gasteiger charge is -2.24. The first-order valence-corrected chi connectivity index (χ1v) is 12.1. The van der Waals surface area contributed by atoms with Crippen molar-refractivity contribution in [2.75, 3.05) is 45.4 Å². The average molecular weight is 491 g/mol. The van der Waals surface area contributed by atoms with Crippen molar-refractivity contribution in [2.45, 2.75) is 52.0 Å². The number of aliphatic hydroxyl groups is 1. The number of rotatable bonds is 15. The summed E-state index contributed by atoms with van der Waals surface area (Å²) in [5.41, 5.74) is 2.85. The third-order valence-corrected chi connectivity index (χ3v) is 5.75. The SMILES string of the molecule is CCCCCOc1c(OC)cc(N(C)CCCNC(=O)N[C@@H](CO)C(=O)O)c2nccc(CC)c12. The highest BCUT2D eigenvalue weighted by molar-refractivity contribution is 5.99. The van der Waals surface area contributed by atoms with E-state index < -0.39 is 24.6 Å². The number of aliphatic carboxylic acids is 1. The number of methoxy groups -OCH3 is 1. The number of hydrogen-bond acceptors (Lipinski definition) is 7. The molecule has 0 saturated heterocycles. The highest BCUT2D eigenvalue weighted by Crippen LogP contribution is 2.42. The Kier molecular flexibility index (Phi) is 11.4. The molecular formula is C25H38N4O6. The van der Waals surface area contributed by atoms with Gasteiger partial charge >= 0.3 is 12.0 Å². The van der Waals surface area contributed by atoms with Crippen LogP contribution in [0.1, 0.15) is 45.1 Å². The van der Waals surface area contributed by atoms with Gasteiger partial charge in [0.1, 0.15) is 0 Å². The van der Waals surface area contributed by atoms with Crippen LogP contribution < -0.4 is 25.0 Å². The molecule has 0 fully saturated rings. The Hall–Kier alpha value is -3.27. The Morgan fingerprint density at radius 3 is 2.63 bits per heavy atom. The highest BCUT2D eigenvalue weighted by atomic mass is 16.5. The standard InChI is InChI=1S/C25H38N4O6/c1-5-7-8-14-35-23-20(34-4)15-19(22-21(23)17(6-2)10-12-26-22)29(3)13-9-11-27-25(33)28-18(16-30)24(31)32/h10,12,15,18,30H,5-9,11,13-14,16H2,1-4H3,(H,31,32)(H2,27,28,33)/t18-/m0/s1. The lowest BCUT2D eigenvalue weighted by atomic mass is 10.0. The summed E-state index contributed by atoms with van der Waals surface area (Å²) in [5, 5.41) is 23.7. The molecule has 4 N–H and O–H groups in total. The summed E-state index contributed by atoms with van der Waals surface area (Å²) < 4.78 is 11.9. The lowest BCUT2D eigenvalue weighted by Crippen LogP contribution is -2.48. The summed E-state index contributed by atoms with van der Waals surface area (Å²) in [6, 6.07) is 1.96. The Morgan fingerprint density at radius 2 is 2.00 bits per heavy atom. The number of aliphatic hydroxyl groups excluding tert-OH is 1. The fraction of sp³-hybridized carbons (Fsp3) is 0.560. The van der Waals surface area contributed by atoms with Gasteiger partial charge in [0.05, 0.1) is 36.9 Å². The van der Waals surface area contributed by atoms with Crippen molar-refractivity contribution in [1.29, 1.82) is 0 Å². The van der Waals surface area contributed by atoms with E-state index in [4.69, 9.17) is 19.7 Å². The number of carbonyl (C=O) groups is 2. The Balaban J connectivity index is 2.17. The quantitative estimate of drug-likeness (QED) is 0.280. The van der Waals surface area contributed by atoms with Gasteiger partial charge in [0.15, 0.2) is 17.5 Å². The van der Waals surface area contributed by atoms with Gasteiger partial charge in [-0.25, -0.2) is 9.59 Å². The molecule has 1 heterocycles. The maximum absolute atomic E-state index is 11.9. The third kappa shape index (κ3) is 7.61. The summed E-state index contributed by atoms with van der Waals surface area (Å²) in [4.78, 5) is 29.5. The van der Waals surface area contributed by atoms with Crippen molar-refractivity contribution in [3.05, 3.63) is 23.9 Å². The Labute approximate surface area is 206 Å². The molecule has 0 radical (unpaired) electrons. The van der Waals surface area contributed by atoms with Crippen molar-refractivity contribution >= 4 is 28.6 Å². The molecule has 1 aromatic heterocycles. The van der Waals surface area contributed by atoms with Crippen molar-refractivity contribution in [2.24, 2.45) is 0 Å². The summed E-state index contributed by atoms with van der Waals surface area (Å²) in [6.07, 6.45) is 6.42. The van der Waals surface area contributed by atoms with Crippen LogP contribution in [-0.2, 0) is 11.2 Å². The molecule has 35 heavy (non-hydrogen) atoms. The predicted molar refractivity (Wildman–Crippen MR) is 136 cm³/mol. The van der Waals surface area contributed by atoms with Crippen LogP contribution in [0.3, 0.4) is 0 Å². The molecule has 2 aromatic rings. The molecule has 0 aliphatic heterocycles. The van der Waals surface area contributed by atoms with E-state index in [0.717, 1.165) is 53.6 Å². The number of carboxylic acids is 1. The minimum atomic E-state index is -1.34. The number of hydrogen-bond donors (Lipinski definition) is 4. The fourth-order valence-corrected chi connectivity index (χ4v) is 3.77. The molecule has 0 aliphatic carbocycles. The molecule has 0 bridgehead atoms. The number of ether oxygens (including phenoxy) is 2. The van der Waals surface area contributed by atoms with E-state index in [1.165, 1.54) is 0 Å².